The van der Waals surface area contributed by atoms with Gasteiger partial charge in [-0.05, 0) is 31.9 Å². The average Bonchev–Trinajstić information content (AvgIpc) is 2.82. The summed E-state index contributed by atoms with van der Waals surface area (Å²) in [6.45, 7) is 5.58. The van der Waals surface area contributed by atoms with E-state index in [0.29, 0.717) is 12.1 Å². The van der Waals surface area contributed by atoms with Crippen LogP contribution in [0.2, 0.25) is 0 Å². The molecule has 1 unspecified atom stereocenters. The molecule has 1 aliphatic rings. The zero-order chi connectivity index (χ0) is 13.0. The van der Waals surface area contributed by atoms with E-state index in [1.54, 1.807) is 13.2 Å². The fourth-order valence-corrected chi connectivity index (χ4v) is 2.55. The number of furan rings is 1. The van der Waals surface area contributed by atoms with E-state index < -0.39 is 0 Å². The SMILES string of the molecule is CC(=O)N1CCC(NC(C)Cc2ccco2)CC1. The molecule has 1 atom stereocenters. The highest BCUT2D eigenvalue weighted by Crippen LogP contribution is 2.12. The average molecular weight is 250 g/mol. The predicted molar refractivity (Wildman–Crippen MR) is 70.3 cm³/mol. The summed E-state index contributed by atoms with van der Waals surface area (Å²) in [6, 6.07) is 4.86. The Labute approximate surface area is 108 Å². The number of rotatable bonds is 4. The van der Waals surface area contributed by atoms with Crippen molar-refractivity contribution in [3.63, 3.8) is 0 Å². The molecule has 0 aliphatic carbocycles. The maximum atomic E-state index is 11.2. The Morgan fingerprint density at radius 1 is 1.56 bits per heavy atom. The van der Waals surface area contributed by atoms with E-state index in [4.69, 9.17) is 4.42 Å². The van der Waals surface area contributed by atoms with Crippen LogP contribution in [0.5, 0.6) is 0 Å². The molecule has 18 heavy (non-hydrogen) atoms. The van der Waals surface area contributed by atoms with Crippen LogP contribution in [0.3, 0.4) is 0 Å². The molecule has 1 N–H and O–H groups in total. The molecule has 1 aromatic rings. The molecule has 1 aliphatic heterocycles. The van der Waals surface area contributed by atoms with Gasteiger partial charge in [-0.2, -0.15) is 0 Å². The van der Waals surface area contributed by atoms with E-state index in [1.807, 2.05) is 17.0 Å². The van der Waals surface area contributed by atoms with Gasteiger partial charge in [0.1, 0.15) is 5.76 Å². The van der Waals surface area contributed by atoms with Crippen molar-refractivity contribution in [1.29, 1.82) is 0 Å². The van der Waals surface area contributed by atoms with Crippen molar-refractivity contribution in [3.8, 4) is 0 Å². The normalized spacial score (nSPS) is 18.9. The summed E-state index contributed by atoms with van der Waals surface area (Å²) in [5.41, 5.74) is 0. The van der Waals surface area contributed by atoms with Crippen molar-refractivity contribution < 1.29 is 9.21 Å². The third-order valence-electron chi connectivity index (χ3n) is 3.55. The van der Waals surface area contributed by atoms with Gasteiger partial charge in [0.2, 0.25) is 5.91 Å². The highest BCUT2D eigenvalue weighted by Gasteiger charge is 2.21. The molecular formula is C14H22N2O2. The third kappa shape index (κ3) is 3.60. The second-order valence-corrected chi connectivity index (χ2v) is 5.13. The van der Waals surface area contributed by atoms with E-state index in [-0.39, 0.29) is 5.91 Å². The molecule has 4 heteroatoms. The monoisotopic (exact) mass is 250 g/mol. The smallest absolute Gasteiger partial charge is 0.219 e. The Bertz CT molecular complexity index is 367. The van der Waals surface area contributed by atoms with Gasteiger partial charge in [0.15, 0.2) is 0 Å². The number of piperidine rings is 1. The van der Waals surface area contributed by atoms with Crippen molar-refractivity contribution in [2.75, 3.05) is 13.1 Å². The standard InChI is InChI=1S/C14H22N2O2/c1-11(10-14-4-3-9-18-14)15-13-5-7-16(8-6-13)12(2)17/h3-4,9,11,13,15H,5-8,10H2,1-2H3. The van der Waals surface area contributed by atoms with E-state index in [9.17, 15) is 4.79 Å². The molecule has 0 bridgehead atoms. The second kappa shape index (κ2) is 6.05. The summed E-state index contributed by atoms with van der Waals surface area (Å²) >= 11 is 0. The summed E-state index contributed by atoms with van der Waals surface area (Å²) in [5.74, 6) is 1.22. The lowest BCUT2D eigenvalue weighted by Crippen LogP contribution is -2.47. The second-order valence-electron chi connectivity index (χ2n) is 5.13. The Morgan fingerprint density at radius 3 is 2.83 bits per heavy atom. The van der Waals surface area contributed by atoms with Crippen molar-refractivity contribution in [2.45, 2.75) is 45.2 Å². The minimum absolute atomic E-state index is 0.192. The highest BCUT2D eigenvalue weighted by atomic mass is 16.3. The first-order chi connectivity index (χ1) is 8.65. The van der Waals surface area contributed by atoms with Crippen molar-refractivity contribution in [1.82, 2.24) is 10.2 Å². The first-order valence-corrected chi connectivity index (χ1v) is 6.69. The fraction of sp³-hybridized carbons (Fsp3) is 0.643. The maximum Gasteiger partial charge on any atom is 0.219 e. The molecule has 2 rings (SSSR count). The molecule has 0 radical (unpaired) electrons. The summed E-state index contributed by atoms with van der Waals surface area (Å²) in [6.07, 6.45) is 4.72. The maximum absolute atomic E-state index is 11.2. The van der Waals surface area contributed by atoms with Crippen LogP contribution in [0.4, 0.5) is 0 Å². The minimum Gasteiger partial charge on any atom is -0.469 e. The summed E-state index contributed by atoms with van der Waals surface area (Å²) in [4.78, 5) is 13.2. The van der Waals surface area contributed by atoms with Crippen LogP contribution in [-0.4, -0.2) is 36.0 Å². The van der Waals surface area contributed by atoms with Gasteiger partial charge in [-0.1, -0.05) is 0 Å². The predicted octanol–water partition coefficient (Wildman–Crippen LogP) is 1.81. The molecule has 4 nitrogen and oxygen atoms in total. The van der Waals surface area contributed by atoms with Gasteiger partial charge in [0.25, 0.3) is 0 Å². The summed E-state index contributed by atoms with van der Waals surface area (Å²) < 4.78 is 5.35. The first-order valence-electron chi connectivity index (χ1n) is 6.69. The number of carbonyl (C=O) groups excluding carboxylic acids is 1. The number of likely N-dealkylation sites (tertiary alicyclic amines) is 1. The molecule has 2 heterocycles. The summed E-state index contributed by atoms with van der Waals surface area (Å²) in [7, 11) is 0. The Kier molecular flexibility index (Phi) is 4.42. The zero-order valence-electron chi connectivity index (χ0n) is 11.2. The lowest BCUT2D eigenvalue weighted by atomic mass is 10.0. The molecule has 0 saturated carbocycles. The third-order valence-corrected chi connectivity index (χ3v) is 3.55. The van der Waals surface area contributed by atoms with Crippen molar-refractivity contribution in [2.24, 2.45) is 0 Å². The molecule has 1 aromatic heterocycles. The van der Waals surface area contributed by atoms with Crippen LogP contribution in [0.25, 0.3) is 0 Å². The molecule has 1 fully saturated rings. The highest BCUT2D eigenvalue weighted by molar-refractivity contribution is 5.73. The van der Waals surface area contributed by atoms with Crippen LogP contribution in [0, 0.1) is 0 Å². The number of hydrogen-bond donors (Lipinski definition) is 1. The van der Waals surface area contributed by atoms with Gasteiger partial charge < -0.3 is 14.6 Å². The van der Waals surface area contributed by atoms with Gasteiger partial charge in [-0.3, -0.25) is 4.79 Å². The van der Waals surface area contributed by atoms with Crippen LogP contribution in [0.15, 0.2) is 22.8 Å². The number of carbonyl (C=O) groups is 1. The molecule has 100 valence electrons. The number of hydrogen-bond acceptors (Lipinski definition) is 3. The Morgan fingerprint density at radius 2 is 2.28 bits per heavy atom. The number of amides is 1. The van der Waals surface area contributed by atoms with Gasteiger partial charge in [-0.25, -0.2) is 0 Å². The zero-order valence-corrected chi connectivity index (χ0v) is 11.2. The quantitative estimate of drug-likeness (QED) is 0.886. The first kappa shape index (κ1) is 13.1. The molecule has 0 aromatic carbocycles. The van der Waals surface area contributed by atoms with Crippen LogP contribution >= 0.6 is 0 Å². The van der Waals surface area contributed by atoms with Gasteiger partial charge in [0, 0.05) is 38.5 Å². The van der Waals surface area contributed by atoms with E-state index in [1.165, 1.54) is 0 Å². The van der Waals surface area contributed by atoms with E-state index >= 15 is 0 Å². The minimum atomic E-state index is 0.192. The largest absolute Gasteiger partial charge is 0.469 e. The van der Waals surface area contributed by atoms with Gasteiger partial charge >= 0.3 is 0 Å². The Balaban J connectivity index is 1.72. The number of nitrogens with zero attached hydrogens (tertiary/aromatic N) is 1. The molecular weight excluding hydrogens is 228 g/mol. The van der Waals surface area contributed by atoms with Crippen LogP contribution in [0.1, 0.15) is 32.4 Å². The van der Waals surface area contributed by atoms with E-state index in [0.717, 1.165) is 38.1 Å². The molecule has 0 spiro atoms. The lowest BCUT2D eigenvalue weighted by Gasteiger charge is -2.33. The number of nitrogens with one attached hydrogen (secondary N) is 1. The Hall–Kier alpha value is -1.29. The van der Waals surface area contributed by atoms with Crippen molar-refractivity contribution in [3.05, 3.63) is 24.2 Å². The summed E-state index contributed by atoms with van der Waals surface area (Å²) in [5, 5.41) is 3.62. The fourth-order valence-electron chi connectivity index (χ4n) is 2.55. The molecule has 1 saturated heterocycles. The van der Waals surface area contributed by atoms with Crippen LogP contribution in [-0.2, 0) is 11.2 Å². The van der Waals surface area contributed by atoms with Gasteiger partial charge in [-0.15, -0.1) is 0 Å². The van der Waals surface area contributed by atoms with E-state index in [2.05, 4.69) is 12.2 Å². The van der Waals surface area contributed by atoms with Crippen molar-refractivity contribution >= 4 is 5.91 Å². The molecule has 1 amide bonds. The van der Waals surface area contributed by atoms with Crippen LogP contribution < -0.4 is 5.32 Å². The lowest BCUT2D eigenvalue weighted by molar-refractivity contribution is -0.129. The van der Waals surface area contributed by atoms with Gasteiger partial charge in [0.05, 0.1) is 6.26 Å². The topological polar surface area (TPSA) is 45.5 Å².